The number of methoxy groups -OCH3 is 1. The van der Waals surface area contributed by atoms with Gasteiger partial charge in [-0.05, 0) is 118 Å². The molecular weight excluding hydrogens is 761 g/mol. The van der Waals surface area contributed by atoms with Crippen LogP contribution in [0.25, 0.3) is 22.4 Å². The summed E-state index contributed by atoms with van der Waals surface area (Å²) >= 11 is 6.99. The lowest BCUT2D eigenvalue weighted by Crippen LogP contribution is -2.49. The average molecular weight is 831 g/mol. The number of rotatable bonds is 17. The van der Waals surface area contributed by atoms with Crippen LogP contribution in [0.5, 0.6) is 5.88 Å². The normalized spacial score (nSPS) is 15.9. The number of carbonyl (C=O) groups is 2. The van der Waals surface area contributed by atoms with E-state index in [2.05, 4.69) is 63.6 Å². The summed E-state index contributed by atoms with van der Waals surface area (Å²) < 4.78 is 21.1. The first-order valence-corrected chi connectivity index (χ1v) is 22.2. The maximum Gasteiger partial charge on any atom is 0.257 e. The Bertz CT molecular complexity index is 2000. The highest BCUT2D eigenvalue weighted by Crippen LogP contribution is 2.44. The molecule has 8 nitrogen and oxygen atoms in total. The Kier molecular flexibility index (Phi) is 17.6. The van der Waals surface area contributed by atoms with Crippen molar-refractivity contribution in [3.63, 3.8) is 0 Å². The maximum atomic E-state index is 15.5. The third kappa shape index (κ3) is 11.1. The molecule has 5 N–H and O–H groups in total. The SMILES string of the molecule is CCC(C)CCC(CC)(CC)NC(=O)C(C)CC.CNC(=C1CCC1)/C(=C\CN)C(=O)Nc1ccc(F)c(-c2cccc(-c3cc4c(c(OC)n3)C(C)CC4)c2Cl)c1C. The second-order valence-electron chi connectivity index (χ2n) is 16.5. The summed E-state index contributed by atoms with van der Waals surface area (Å²) in [7, 11) is 3.44. The molecule has 2 aromatic carbocycles. The molecule has 1 heterocycles. The summed E-state index contributed by atoms with van der Waals surface area (Å²) in [5.74, 6) is 1.36. The molecular formula is C49H69ClFN5O3. The Morgan fingerprint density at radius 3 is 2.34 bits per heavy atom. The van der Waals surface area contributed by atoms with Crippen LogP contribution in [0.4, 0.5) is 10.1 Å². The number of halogens is 2. The van der Waals surface area contributed by atoms with Crippen molar-refractivity contribution >= 4 is 29.1 Å². The summed E-state index contributed by atoms with van der Waals surface area (Å²) in [6.07, 6.45) is 13.2. The van der Waals surface area contributed by atoms with E-state index in [0.29, 0.717) is 56.0 Å². The topological polar surface area (TPSA) is 118 Å². The van der Waals surface area contributed by atoms with Gasteiger partial charge in [-0.1, -0.05) is 90.8 Å². The predicted octanol–water partition coefficient (Wildman–Crippen LogP) is 11.6. The highest BCUT2D eigenvalue weighted by atomic mass is 35.5. The summed E-state index contributed by atoms with van der Waals surface area (Å²) in [4.78, 5) is 30.4. The maximum absolute atomic E-state index is 15.5. The second kappa shape index (κ2) is 21.9. The quantitative estimate of drug-likeness (QED) is 0.101. The lowest BCUT2D eigenvalue weighted by Gasteiger charge is -2.35. The van der Waals surface area contributed by atoms with E-state index in [1.165, 1.54) is 30.0 Å². The van der Waals surface area contributed by atoms with Crippen LogP contribution in [0, 0.1) is 24.6 Å². The summed E-state index contributed by atoms with van der Waals surface area (Å²) in [5, 5.41) is 9.87. The first-order valence-electron chi connectivity index (χ1n) is 21.8. The Balaban J connectivity index is 0.000000361. The van der Waals surface area contributed by atoms with Crippen LogP contribution in [0.3, 0.4) is 0 Å². The van der Waals surface area contributed by atoms with Gasteiger partial charge >= 0.3 is 0 Å². The molecule has 0 radical (unpaired) electrons. The van der Waals surface area contributed by atoms with Gasteiger partial charge in [-0.15, -0.1) is 0 Å². The first-order chi connectivity index (χ1) is 28.2. The van der Waals surface area contributed by atoms with E-state index in [4.69, 9.17) is 27.1 Å². The minimum absolute atomic E-state index is 0.0178. The molecule has 1 fully saturated rings. The molecule has 1 saturated carbocycles. The van der Waals surface area contributed by atoms with Crippen molar-refractivity contribution in [1.29, 1.82) is 0 Å². The van der Waals surface area contributed by atoms with Crippen molar-refractivity contribution in [3.8, 4) is 28.3 Å². The number of aromatic nitrogens is 1. The number of ether oxygens (including phenoxy) is 1. The molecule has 0 spiro atoms. The monoisotopic (exact) mass is 830 g/mol. The highest BCUT2D eigenvalue weighted by Gasteiger charge is 2.30. The van der Waals surface area contributed by atoms with Gasteiger partial charge in [0.05, 0.1) is 23.4 Å². The summed E-state index contributed by atoms with van der Waals surface area (Å²) in [6.45, 7) is 17.2. The van der Waals surface area contributed by atoms with E-state index in [0.717, 1.165) is 75.0 Å². The fraction of sp³-hybridized carbons (Fsp3) is 0.531. The molecule has 0 aliphatic heterocycles. The average Bonchev–Trinajstić information content (AvgIpc) is 3.60. The molecule has 5 rings (SSSR count). The molecule has 322 valence electrons. The number of nitrogens with two attached hydrogens (primary N) is 1. The zero-order valence-electron chi connectivity index (χ0n) is 37.3. The zero-order valence-corrected chi connectivity index (χ0v) is 38.0. The number of carbonyl (C=O) groups excluding carboxylic acids is 2. The second-order valence-corrected chi connectivity index (χ2v) is 16.9. The van der Waals surface area contributed by atoms with Crippen LogP contribution in [0.15, 0.2) is 59.3 Å². The minimum Gasteiger partial charge on any atom is -0.481 e. The van der Waals surface area contributed by atoms with Crippen molar-refractivity contribution in [1.82, 2.24) is 15.6 Å². The Morgan fingerprint density at radius 1 is 1.07 bits per heavy atom. The van der Waals surface area contributed by atoms with E-state index in [-0.39, 0.29) is 29.8 Å². The first kappa shape index (κ1) is 47.5. The van der Waals surface area contributed by atoms with E-state index in [1.807, 2.05) is 19.1 Å². The van der Waals surface area contributed by atoms with Gasteiger partial charge in [0.1, 0.15) is 5.82 Å². The number of amides is 2. The molecule has 59 heavy (non-hydrogen) atoms. The molecule has 3 atom stereocenters. The van der Waals surface area contributed by atoms with Crippen LogP contribution in [0.2, 0.25) is 5.02 Å². The number of fused-ring (bicyclic) bond motifs is 1. The number of nitrogens with zero attached hydrogens (tertiary/aromatic N) is 1. The van der Waals surface area contributed by atoms with Gasteiger partial charge in [0, 0.05) is 58.7 Å². The largest absolute Gasteiger partial charge is 0.481 e. The van der Waals surface area contributed by atoms with Crippen molar-refractivity contribution in [2.45, 2.75) is 137 Å². The zero-order chi connectivity index (χ0) is 43.4. The standard InChI is InChI=1S/C33H36ClFN4O2.C16H33NO/c1-18-11-12-21-17-27(39-33(41-4)28(18)21)22-9-6-10-23(30(22)34)29-19(2)26(14-13-25(29)35)38-32(40)24(15-16-36)31(37-3)20-7-5-8-20;1-7-13(5)11-12-16(9-3,10-4)17-15(18)14(6)8-2/h6,9-10,13-15,17-18,37H,5,7-8,11-12,16,36H2,1-4H3,(H,38,40);13-14H,7-12H2,1-6H3,(H,17,18)/b24-15+;. The van der Waals surface area contributed by atoms with Gasteiger partial charge in [-0.25, -0.2) is 9.37 Å². The van der Waals surface area contributed by atoms with Crippen LogP contribution < -0.4 is 26.4 Å². The summed E-state index contributed by atoms with van der Waals surface area (Å²) in [6, 6.07) is 10.5. The van der Waals surface area contributed by atoms with Crippen molar-refractivity contribution < 1.29 is 18.7 Å². The Morgan fingerprint density at radius 2 is 1.76 bits per heavy atom. The predicted molar refractivity (Wildman–Crippen MR) is 243 cm³/mol. The molecule has 3 unspecified atom stereocenters. The van der Waals surface area contributed by atoms with E-state index < -0.39 is 5.82 Å². The summed E-state index contributed by atoms with van der Waals surface area (Å²) in [5.41, 5.74) is 14.0. The molecule has 2 aliphatic carbocycles. The van der Waals surface area contributed by atoms with E-state index >= 15 is 4.39 Å². The van der Waals surface area contributed by atoms with Gasteiger partial charge in [0.25, 0.3) is 5.91 Å². The van der Waals surface area contributed by atoms with Crippen LogP contribution >= 0.6 is 11.6 Å². The number of anilines is 1. The lowest BCUT2D eigenvalue weighted by molar-refractivity contribution is -0.126. The molecule has 0 bridgehead atoms. The Labute approximate surface area is 358 Å². The number of benzene rings is 2. The fourth-order valence-electron chi connectivity index (χ4n) is 8.05. The number of hydrogen-bond donors (Lipinski definition) is 4. The number of likely N-dealkylation sites (N-methyl/N-ethyl adjacent to an activating group) is 1. The van der Waals surface area contributed by atoms with Gasteiger partial charge in [0.15, 0.2) is 0 Å². The van der Waals surface area contributed by atoms with Crippen LogP contribution in [-0.2, 0) is 16.0 Å². The van der Waals surface area contributed by atoms with Crippen LogP contribution in [0.1, 0.15) is 135 Å². The third-order valence-electron chi connectivity index (χ3n) is 12.9. The molecule has 10 heteroatoms. The number of pyridine rings is 1. The third-order valence-corrected chi connectivity index (χ3v) is 13.3. The molecule has 0 saturated heterocycles. The van der Waals surface area contributed by atoms with Crippen LogP contribution in [-0.4, -0.2) is 43.0 Å². The van der Waals surface area contributed by atoms with Gasteiger partial charge in [-0.3, -0.25) is 9.59 Å². The molecule has 3 aromatic rings. The smallest absolute Gasteiger partial charge is 0.257 e. The Hall–Kier alpha value is -4.21. The van der Waals surface area contributed by atoms with Gasteiger partial charge in [0.2, 0.25) is 11.8 Å². The van der Waals surface area contributed by atoms with Crippen molar-refractivity contribution in [2.24, 2.45) is 17.6 Å². The number of nitrogens with one attached hydrogen (secondary N) is 3. The highest BCUT2D eigenvalue weighted by molar-refractivity contribution is 6.36. The molecule has 2 aliphatic rings. The lowest BCUT2D eigenvalue weighted by atomic mass is 9.84. The molecule has 1 aromatic heterocycles. The number of hydrogen-bond acceptors (Lipinski definition) is 6. The van der Waals surface area contributed by atoms with Crippen molar-refractivity contribution in [3.05, 3.63) is 86.8 Å². The van der Waals surface area contributed by atoms with Gasteiger partial charge < -0.3 is 26.4 Å². The van der Waals surface area contributed by atoms with E-state index in [9.17, 15) is 9.59 Å². The number of aryl methyl sites for hydroxylation is 1. The minimum atomic E-state index is -0.432. The fourth-order valence-corrected chi connectivity index (χ4v) is 8.37. The van der Waals surface area contributed by atoms with Crippen molar-refractivity contribution in [2.75, 3.05) is 26.0 Å². The van der Waals surface area contributed by atoms with E-state index in [1.54, 1.807) is 39.3 Å². The number of allylic oxidation sites excluding steroid dienone is 1. The molecule has 2 amide bonds. The van der Waals surface area contributed by atoms with Gasteiger partial charge in [-0.2, -0.15) is 0 Å².